The number of likely N-dealkylation sites (tertiary alicyclic amines) is 1. The number of carbonyl (C=O) groups is 1. The molecule has 0 saturated carbocycles. The predicted octanol–water partition coefficient (Wildman–Crippen LogP) is 3.01. The fraction of sp³-hybridized carbons (Fsp3) is 0.400. The number of rotatable bonds is 3. The quantitative estimate of drug-likeness (QED) is 0.766. The number of hydrogen-bond acceptors (Lipinski definition) is 7. The van der Waals surface area contributed by atoms with Crippen molar-refractivity contribution in [2.24, 2.45) is 16.0 Å². The van der Waals surface area contributed by atoms with E-state index in [-0.39, 0.29) is 11.4 Å². The Kier molecular flexibility index (Phi) is 5.31. The molecule has 4 rings (SSSR count). The number of ether oxygens (including phenoxy) is 2. The summed E-state index contributed by atoms with van der Waals surface area (Å²) in [5.74, 6) is 1.46. The molecule has 29 heavy (non-hydrogen) atoms. The Labute approximate surface area is 173 Å². The molecule has 1 aromatic rings. The smallest absolute Gasteiger partial charge is 0.283 e. The van der Waals surface area contributed by atoms with Gasteiger partial charge in [-0.2, -0.15) is 10.0 Å². The first kappa shape index (κ1) is 19.5. The molecule has 0 radical (unpaired) electrons. The lowest BCUT2D eigenvalue weighted by Gasteiger charge is -2.30. The number of nitrogens with one attached hydrogen (secondary N) is 1. The van der Waals surface area contributed by atoms with E-state index >= 15 is 0 Å². The van der Waals surface area contributed by atoms with Crippen molar-refractivity contribution in [3.63, 3.8) is 0 Å². The van der Waals surface area contributed by atoms with Gasteiger partial charge in [0, 0.05) is 13.1 Å². The Morgan fingerprint density at radius 2 is 1.90 bits per heavy atom. The number of benzene rings is 1. The van der Waals surface area contributed by atoms with Crippen molar-refractivity contribution in [3.05, 3.63) is 29.3 Å². The molecule has 1 amide bonds. The number of hydrogen-bond donors (Lipinski definition) is 1. The zero-order chi connectivity index (χ0) is 20.5. The summed E-state index contributed by atoms with van der Waals surface area (Å²) in [4.78, 5) is 19.0. The molecule has 9 heteroatoms. The van der Waals surface area contributed by atoms with Crippen LogP contribution in [0.15, 0.2) is 33.9 Å². The Morgan fingerprint density at radius 1 is 1.17 bits per heavy atom. The molecule has 0 spiro atoms. The molecule has 0 aliphatic carbocycles. The van der Waals surface area contributed by atoms with Crippen LogP contribution in [0.1, 0.15) is 25.3 Å². The van der Waals surface area contributed by atoms with Crippen molar-refractivity contribution >= 4 is 39.9 Å². The van der Waals surface area contributed by atoms with E-state index in [2.05, 4.69) is 21.9 Å². The third-order valence-corrected chi connectivity index (χ3v) is 6.19. The maximum Gasteiger partial charge on any atom is 0.283 e. The highest BCUT2D eigenvalue weighted by atomic mass is 32.2. The second-order valence-electron chi connectivity index (χ2n) is 7.19. The molecular formula is C20H23N5O3S. The molecule has 152 valence electrons. The van der Waals surface area contributed by atoms with Crippen LogP contribution < -0.4 is 9.47 Å². The van der Waals surface area contributed by atoms with Crippen LogP contribution in [0, 0.1) is 11.3 Å². The molecule has 0 atom stereocenters. The molecule has 8 nitrogen and oxygen atoms in total. The number of aliphatic imine (C=N–C) groups is 1. The molecule has 0 unspecified atom stereocenters. The lowest BCUT2D eigenvalue weighted by Crippen LogP contribution is -2.36. The molecule has 0 aromatic heterocycles. The van der Waals surface area contributed by atoms with Gasteiger partial charge in [-0.1, -0.05) is 13.0 Å². The van der Waals surface area contributed by atoms with Gasteiger partial charge < -0.3 is 14.4 Å². The highest BCUT2D eigenvalue weighted by molar-refractivity contribution is 8.26. The SMILES string of the molecule is COc1ccc(/C=C2\C(=N)N3N=C(N4CCC(C)CC4)SC3=NC2=O)cc1OC. The van der Waals surface area contributed by atoms with E-state index in [0.29, 0.717) is 22.6 Å². The van der Waals surface area contributed by atoms with Crippen LogP contribution in [0.3, 0.4) is 0 Å². The second-order valence-corrected chi connectivity index (χ2v) is 8.12. The highest BCUT2D eigenvalue weighted by Crippen LogP contribution is 2.32. The van der Waals surface area contributed by atoms with Crippen molar-refractivity contribution in [3.8, 4) is 11.5 Å². The van der Waals surface area contributed by atoms with Crippen LogP contribution in [-0.4, -0.2) is 59.3 Å². The average molecular weight is 414 g/mol. The van der Waals surface area contributed by atoms with E-state index in [1.54, 1.807) is 38.5 Å². The number of nitrogens with zero attached hydrogens (tertiary/aromatic N) is 4. The van der Waals surface area contributed by atoms with Gasteiger partial charge in [0.2, 0.25) is 5.17 Å². The first-order valence-electron chi connectivity index (χ1n) is 9.47. The fourth-order valence-electron chi connectivity index (χ4n) is 3.42. The van der Waals surface area contributed by atoms with E-state index < -0.39 is 5.91 Å². The van der Waals surface area contributed by atoms with Crippen molar-refractivity contribution in [2.75, 3.05) is 27.3 Å². The number of methoxy groups -OCH3 is 2. The molecule has 1 aromatic carbocycles. The topological polar surface area (TPSA) is 90.6 Å². The van der Waals surface area contributed by atoms with Gasteiger partial charge in [0.25, 0.3) is 5.91 Å². The highest BCUT2D eigenvalue weighted by Gasteiger charge is 2.37. The second kappa shape index (κ2) is 7.90. The van der Waals surface area contributed by atoms with Gasteiger partial charge in [0.05, 0.1) is 19.8 Å². The number of piperidine rings is 1. The summed E-state index contributed by atoms with van der Waals surface area (Å²) in [6.45, 7) is 4.13. The van der Waals surface area contributed by atoms with Gasteiger partial charge in [-0.15, -0.1) is 5.10 Å². The number of hydrazone groups is 1. The summed E-state index contributed by atoms with van der Waals surface area (Å²) in [6, 6.07) is 5.32. The van der Waals surface area contributed by atoms with Gasteiger partial charge in [-0.3, -0.25) is 10.2 Å². The van der Waals surface area contributed by atoms with Crippen molar-refractivity contribution < 1.29 is 14.3 Å². The number of thioether (sulfide) groups is 1. The lowest BCUT2D eigenvalue weighted by molar-refractivity contribution is -0.114. The molecule has 3 heterocycles. The molecule has 1 fully saturated rings. The number of amides is 1. The molecule has 1 N–H and O–H groups in total. The zero-order valence-electron chi connectivity index (χ0n) is 16.6. The van der Waals surface area contributed by atoms with Crippen LogP contribution in [0.5, 0.6) is 11.5 Å². The minimum absolute atomic E-state index is 0.0302. The summed E-state index contributed by atoms with van der Waals surface area (Å²) in [6.07, 6.45) is 3.87. The Hall–Kier alpha value is -2.81. The van der Waals surface area contributed by atoms with Crippen LogP contribution in [-0.2, 0) is 4.79 Å². The van der Waals surface area contributed by atoms with Crippen LogP contribution in [0.4, 0.5) is 0 Å². The summed E-state index contributed by atoms with van der Waals surface area (Å²) in [5.41, 5.74) is 0.911. The number of amidine groups is 3. The van der Waals surface area contributed by atoms with Crippen molar-refractivity contribution in [2.45, 2.75) is 19.8 Å². The van der Waals surface area contributed by atoms with E-state index in [9.17, 15) is 4.79 Å². The summed E-state index contributed by atoms with van der Waals surface area (Å²) in [5, 5.41) is 15.8. The normalized spacial score (nSPS) is 21.3. The first-order valence-corrected chi connectivity index (χ1v) is 10.3. The monoisotopic (exact) mass is 413 g/mol. The first-order chi connectivity index (χ1) is 14.0. The van der Waals surface area contributed by atoms with Gasteiger partial charge in [0.15, 0.2) is 22.5 Å². The Bertz CT molecular complexity index is 947. The minimum Gasteiger partial charge on any atom is -0.493 e. The minimum atomic E-state index is -0.438. The largest absolute Gasteiger partial charge is 0.493 e. The van der Waals surface area contributed by atoms with Crippen LogP contribution in [0.25, 0.3) is 6.08 Å². The Morgan fingerprint density at radius 3 is 2.59 bits per heavy atom. The van der Waals surface area contributed by atoms with Gasteiger partial charge in [0.1, 0.15) is 0 Å². The van der Waals surface area contributed by atoms with Crippen LogP contribution in [0.2, 0.25) is 0 Å². The van der Waals surface area contributed by atoms with Crippen molar-refractivity contribution in [1.82, 2.24) is 9.91 Å². The zero-order valence-corrected chi connectivity index (χ0v) is 17.5. The van der Waals surface area contributed by atoms with E-state index in [0.717, 1.165) is 36.7 Å². The van der Waals surface area contributed by atoms with E-state index in [1.807, 2.05) is 0 Å². The maximum absolute atomic E-state index is 12.6. The van der Waals surface area contributed by atoms with E-state index in [4.69, 9.17) is 14.9 Å². The maximum atomic E-state index is 12.6. The molecular weight excluding hydrogens is 390 g/mol. The fourth-order valence-corrected chi connectivity index (χ4v) is 4.36. The lowest BCUT2D eigenvalue weighted by atomic mass is 10.00. The average Bonchev–Trinajstić information content (AvgIpc) is 3.15. The molecule has 3 aliphatic rings. The van der Waals surface area contributed by atoms with Gasteiger partial charge >= 0.3 is 0 Å². The summed E-state index contributed by atoms with van der Waals surface area (Å²) >= 11 is 1.36. The van der Waals surface area contributed by atoms with E-state index in [1.165, 1.54) is 16.8 Å². The standard InChI is InChI=1S/C20H23N5O3S/c1-12-6-8-24(9-7-12)20-23-25-17(21)14(18(26)22-19(25)29-20)10-13-4-5-15(27-2)16(11-13)28-3/h4-5,10-12,21H,6-9H2,1-3H3/b14-10+,21-17?. The predicted molar refractivity (Wildman–Crippen MR) is 115 cm³/mol. The third-order valence-electron chi connectivity index (χ3n) is 5.22. The molecule has 3 aliphatic heterocycles. The van der Waals surface area contributed by atoms with Crippen molar-refractivity contribution in [1.29, 1.82) is 5.41 Å². The van der Waals surface area contributed by atoms with Gasteiger partial charge in [-0.25, -0.2) is 0 Å². The van der Waals surface area contributed by atoms with Crippen LogP contribution >= 0.6 is 11.8 Å². The molecule has 0 bridgehead atoms. The summed E-state index contributed by atoms with van der Waals surface area (Å²) in [7, 11) is 3.12. The number of fused-ring (bicyclic) bond motifs is 1. The van der Waals surface area contributed by atoms with Gasteiger partial charge in [-0.05, 0) is 54.3 Å². The number of carbonyl (C=O) groups excluding carboxylic acids is 1. The molecule has 1 saturated heterocycles. The summed E-state index contributed by atoms with van der Waals surface area (Å²) < 4.78 is 10.6. The third kappa shape index (κ3) is 3.74. The Balaban J connectivity index is 1.60.